The summed E-state index contributed by atoms with van der Waals surface area (Å²) in [6.07, 6.45) is 4.80. The molecular weight excluding hydrogens is 328 g/mol. The molecule has 0 radical (unpaired) electrons. The highest BCUT2D eigenvalue weighted by Crippen LogP contribution is 2.14. The van der Waals surface area contributed by atoms with Crippen LogP contribution in [0.15, 0.2) is 41.1 Å². The van der Waals surface area contributed by atoms with E-state index in [-0.39, 0.29) is 0 Å². The second kappa shape index (κ2) is 8.10. The molecule has 0 aliphatic heterocycles. The maximum Gasteiger partial charge on any atom is 0.147 e. The highest BCUT2D eigenvalue weighted by Gasteiger charge is 2.04. The fourth-order valence-corrected chi connectivity index (χ4v) is 2.24. The van der Waals surface area contributed by atoms with Gasteiger partial charge in [0, 0.05) is 24.6 Å². The molecule has 4 nitrogen and oxygen atoms in total. The summed E-state index contributed by atoms with van der Waals surface area (Å²) in [4.78, 5) is 11.0. The first kappa shape index (κ1) is 15.9. The van der Waals surface area contributed by atoms with Gasteiger partial charge in [-0.2, -0.15) is 0 Å². The predicted molar refractivity (Wildman–Crippen MR) is 90.3 cm³/mol. The third-order valence-electron chi connectivity index (χ3n) is 3.15. The van der Waals surface area contributed by atoms with Gasteiger partial charge in [0.05, 0.1) is 18.1 Å². The molecular formula is C16H21BrN4. The molecule has 0 saturated heterocycles. The third kappa shape index (κ3) is 5.10. The second-order valence-electron chi connectivity index (χ2n) is 5.03. The standard InChI is InChI=1S/C16H21BrN4/c1-3-8-18-9-15-10-20-16(11-19-15)21(2)12-13-4-6-14(17)7-5-13/h4-7,10-11,18H,3,8-9,12H2,1-2H3. The Morgan fingerprint density at radius 1 is 1.14 bits per heavy atom. The maximum absolute atomic E-state index is 4.49. The van der Waals surface area contributed by atoms with Crippen LogP contribution in [-0.4, -0.2) is 23.6 Å². The van der Waals surface area contributed by atoms with Crippen LogP contribution < -0.4 is 10.2 Å². The molecule has 0 saturated carbocycles. The number of nitrogens with one attached hydrogen (secondary N) is 1. The molecule has 1 N–H and O–H groups in total. The highest BCUT2D eigenvalue weighted by molar-refractivity contribution is 9.10. The van der Waals surface area contributed by atoms with Crippen molar-refractivity contribution in [2.45, 2.75) is 26.4 Å². The van der Waals surface area contributed by atoms with Gasteiger partial charge in [0.15, 0.2) is 0 Å². The van der Waals surface area contributed by atoms with E-state index in [0.717, 1.165) is 42.0 Å². The van der Waals surface area contributed by atoms with E-state index in [0.29, 0.717) is 0 Å². The first-order valence-electron chi connectivity index (χ1n) is 7.16. The van der Waals surface area contributed by atoms with Gasteiger partial charge in [-0.15, -0.1) is 0 Å². The zero-order chi connectivity index (χ0) is 15.1. The third-order valence-corrected chi connectivity index (χ3v) is 3.68. The second-order valence-corrected chi connectivity index (χ2v) is 5.94. The Labute approximate surface area is 134 Å². The lowest BCUT2D eigenvalue weighted by atomic mass is 10.2. The van der Waals surface area contributed by atoms with Crippen LogP contribution in [-0.2, 0) is 13.1 Å². The number of anilines is 1. The van der Waals surface area contributed by atoms with Crippen molar-refractivity contribution in [1.82, 2.24) is 15.3 Å². The van der Waals surface area contributed by atoms with Crippen LogP contribution in [0.25, 0.3) is 0 Å². The van der Waals surface area contributed by atoms with Crippen LogP contribution in [0, 0.1) is 0 Å². The Morgan fingerprint density at radius 3 is 2.52 bits per heavy atom. The van der Waals surface area contributed by atoms with Gasteiger partial charge in [0.1, 0.15) is 5.82 Å². The highest BCUT2D eigenvalue weighted by atomic mass is 79.9. The van der Waals surface area contributed by atoms with Gasteiger partial charge in [0.25, 0.3) is 0 Å². The summed E-state index contributed by atoms with van der Waals surface area (Å²) >= 11 is 3.45. The molecule has 21 heavy (non-hydrogen) atoms. The maximum atomic E-state index is 4.49. The molecule has 0 aliphatic carbocycles. The Hall–Kier alpha value is -1.46. The first-order chi connectivity index (χ1) is 10.2. The summed E-state index contributed by atoms with van der Waals surface area (Å²) in [5.41, 5.74) is 2.22. The average molecular weight is 349 g/mol. The van der Waals surface area contributed by atoms with E-state index in [1.807, 2.05) is 19.4 Å². The van der Waals surface area contributed by atoms with E-state index >= 15 is 0 Å². The molecule has 0 atom stereocenters. The van der Waals surface area contributed by atoms with Crippen molar-refractivity contribution in [3.05, 3.63) is 52.4 Å². The first-order valence-corrected chi connectivity index (χ1v) is 7.95. The number of nitrogens with zero attached hydrogens (tertiary/aromatic N) is 3. The summed E-state index contributed by atoms with van der Waals surface area (Å²) in [7, 11) is 2.03. The lowest BCUT2D eigenvalue weighted by Crippen LogP contribution is -2.19. The molecule has 1 heterocycles. The summed E-state index contributed by atoms with van der Waals surface area (Å²) in [5.74, 6) is 0.886. The number of benzene rings is 1. The number of rotatable bonds is 7. The topological polar surface area (TPSA) is 41.1 Å². The minimum Gasteiger partial charge on any atom is -0.354 e. The van der Waals surface area contributed by atoms with Gasteiger partial charge in [0.2, 0.25) is 0 Å². The van der Waals surface area contributed by atoms with Crippen LogP contribution in [0.1, 0.15) is 24.6 Å². The molecule has 0 unspecified atom stereocenters. The number of aromatic nitrogens is 2. The van der Waals surface area contributed by atoms with E-state index in [1.54, 1.807) is 0 Å². The molecule has 1 aromatic carbocycles. The van der Waals surface area contributed by atoms with Gasteiger partial charge in [-0.05, 0) is 30.7 Å². The van der Waals surface area contributed by atoms with Gasteiger partial charge in [-0.25, -0.2) is 4.98 Å². The van der Waals surface area contributed by atoms with E-state index in [2.05, 4.69) is 67.3 Å². The summed E-state index contributed by atoms with van der Waals surface area (Å²) in [6.45, 7) is 4.75. The quantitative estimate of drug-likeness (QED) is 0.778. The predicted octanol–water partition coefficient (Wildman–Crippen LogP) is 3.38. The van der Waals surface area contributed by atoms with Crippen molar-refractivity contribution in [3.63, 3.8) is 0 Å². The number of hydrogen-bond donors (Lipinski definition) is 1. The molecule has 0 amide bonds. The van der Waals surface area contributed by atoms with Crippen molar-refractivity contribution >= 4 is 21.7 Å². The van der Waals surface area contributed by atoms with Crippen LogP contribution >= 0.6 is 15.9 Å². The fraction of sp³-hybridized carbons (Fsp3) is 0.375. The SMILES string of the molecule is CCCNCc1cnc(N(C)Cc2ccc(Br)cc2)cn1. The van der Waals surface area contributed by atoms with Gasteiger partial charge < -0.3 is 10.2 Å². The Bertz CT molecular complexity index is 539. The molecule has 1 aromatic heterocycles. The largest absolute Gasteiger partial charge is 0.354 e. The molecule has 2 rings (SSSR count). The summed E-state index contributed by atoms with van der Waals surface area (Å²) < 4.78 is 1.10. The van der Waals surface area contributed by atoms with Gasteiger partial charge in [-0.1, -0.05) is 35.0 Å². The number of halogens is 1. The van der Waals surface area contributed by atoms with Gasteiger partial charge >= 0.3 is 0 Å². The summed E-state index contributed by atoms with van der Waals surface area (Å²) in [6, 6.07) is 8.32. The Kier molecular flexibility index (Phi) is 6.14. The normalized spacial score (nSPS) is 10.6. The van der Waals surface area contributed by atoms with Crippen LogP contribution in [0.4, 0.5) is 5.82 Å². The van der Waals surface area contributed by atoms with Crippen molar-refractivity contribution in [3.8, 4) is 0 Å². The van der Waals surface area contributed by atoms with E-state index in [9.17, 15) is 0 Å². The summed E-state index contributed by atoms with van der Waals surface area (Å²) in [5, 5.41) is 3.32. The zero-order valence-corrected chi connectivity index (χ0v) is 14.1. The lowest BCUT2D eigenvalue weighted by molar-refractivity contribution is 0.661. The molecule has 112 valence electrons. The lowest BCUT2D eigenvalue weighted by Gasteiger charge is -2.18. The van der Waals surface area contributed by atoms with Crippen molar-refractivity contribution in [2.75, 3.05) is 18.5 Å². The molecule has 0 fully saturated rings. The minimum absolute atomic E-state index is 0.775. The zero-order valence-electron chi connectivity index (χ0n) is 12.5. The minimum atomic E-state index is 0.775. The molecule has 2 aromatic rings. The van der Waals surface area contributed by atoms with Crippen molar-refractivity contribution < 1.29 is 0 Å². The smallest absolute Gasteiger partial charge is 0.147 e. The van der Waals surface area contributed by atoms with Crippen LogP contribution in [0.5, 0.6) is 0 Å². The van der Waals surface area contributed by atoms with Crippen molar-refractivity contribution in [1.29, 1.82) is 0 Å². The van der Waals surface area contributed by atoms with E-state index < -0.39 is 0 Å². The number of hydrogen-bond acceptors (Lipinski definition) is 4. The van der Waals surface area contributed by atoms with Gasteiger partial charge in [-0.3, -0.25) is 4.98 Å². The molecule has 0 bridgehead atoms. The average Bonchev–Trinajstić information content (AvgIpc) is 2.50. The van der Waals surface area contributed by atoms with Crippen molar-refractivity contribution in [2.24, 2.45) is 0 Å². The van der Waals surface area contributed by atoms with E-state index in [1.165, 1.54) is 5.56 Å². The molecule has 0 aliphatic rings. The monoisotopic (exact) mass is 348 g/mol. The van der Waals surface area contributed by atoms with E-state index in [4.69, 9.17) is 0 Å². The van der Waals surface area contributed by atoms with Crippen LogP contribution in [0.3, 0.4) is 0 Å². The fourth-order valence-electron chi connectivity index (χ4n) is 1.97. The molecule has 5 heteroatoms. The van der Waals surface area contributed by atoms with Crippen LogP contribution in [0.2, 0.25) is 0 Å². The Balaban J connectivity index is 1.93. The molecule has 0 spiro atoms. The Morgan fingerprint density at radius 2 is 1.90 bits per heavy atom.